The van der Waals surface area contributed by atoms with E-state index in [1.165, 1.54) is 25.2 Å². The fraction of sp³-hybridized carbons (Fsp3) is 0.375. The first-order valence-corrected chi connectivity index (χ1v) is 11.5. The second-order valence-electron chi connectivity index (χ2n) is 7.86. The molecular formula is C24H26ClFN6O2. The molecule has 178 valence electrons. The largest absolute Gasteiger partial charge is 0.377 e. The van der Waals surface area contributed by atoms with Crippen molar-refractivity contribution >= 4 is 22.8 Å². The zero-order valence-electron chi connectivity index (χ0n) is 19.1. The molecule has 1 aromatic carbocycles. The quantitative estimate of drug-likeness (QED) is 0.405. The van der Waals surface area contributed by atoms with Gasteiger partial charge in [0.15, 0.2) is 5.65 Å². The van der Waals surface area contributed by atoms with E-state index in [0.29, 0.717) is 27.4 Å². The van der Waals surface area contributed by atoms with Crippen molar-refractivity contribution in [1.29, 1.82) is 0 Å². The third-order valence-corrected chi connectivity index (χ3v) is 5.49. The molecule has 2 fully saturated rings. The van der Waals surface area contributed by atoms with Gasteiger partial charge in [0.2, 0.25) is 0 Å². The van der Waals surface area contributed by atoms with Gasteiger partial charge in [0.1, 0.15) is 23.4 Å². The average Bonchev–Trinajstić information content (AvgIpc) is 3.55. The number of hydrogen-bond donors (Lipinski definition) is 0. The standard InChI is InChI=1S/C14H10ClFN4.C6H8N2.C4H8O2/c1-7-8(2)20-14-13(19-7)12(17-6-18-14)10-4-3-9(15)5-11(10)16;1-4-7-8(5-1)6-2-3-6;1-2-6-4-3-5-1/h3-6H,1-2H3;1,4-6H,2-3H2;1-4H2. The Morgan fingerprint density at radius 3 is 2.29 bits per heavy atom. The summed E-state index contributed by atoms with van der Waals surface area (Å²) in [6.45, 7) is 6.81. The van der Waals surface area contributed by atoms with E-state index in [9.17, 15) is 4.39 Å². The van der Waals surface area contributed by atoms with Crippen molar-refractivity contribution in [2.24, 2.45) is 0 Å². The van der Waals surface area contributed by atoms with Crippen LogP contribution in [-0.2, 0) is 9.47 Å². The molecular weight excluding hydrogens is 459 g/mol. The molecule has 0 unspecified atom stereocenters. The van der Waals surface area contributed by atoms with Crippen LogP contribution in [0.1, 0.15) is 30.3 Å². The number of fused-ring (bicyclic) bond motifs is 1. The first-order valence-electron chi connectivity index (χ1n) is 11.1. The number of halogens is 2. The number of hydrogen-bond acceptors (Lipinski definition) is 7. The Kier molecular flexibility index (Phi) is 8.10. The SMILES string of the molecule is C1COCCO1.Cc1nc2ncnc(-c3ccc(Cl)cc3F)c2nc1C.c1cnn(C2CC2)c1. The van der Waals surface area contributed by atoms with Crippen molar-refractivity contribution in [1.82, 2.24) is 29.7 Å². The molecule has 3 aromatic heterocycles. The highest BCUT2D eigenvalue weighted by Gasteiger charge is 2.23. The van der Waals surface area contributed by atoms with Crippen molar-refractivity contribution < 1.29 is 13.9 Å². The van der Waals surface area contributed by atoms with Gasteiger partial charge in [0.05, 0.1) is 43.9 Å². The summed E-state index contributed by atoms with van der Waals surface area (Å²) < 4.78 is 26.0. The predicted octanol–water partition coefficient (Wildman–Crippen LogP) is 4.75. The Morgan fingerprint density at radius 1 is 1.00 bits per heavy atom. The fourth-order valence-corrected chi connectivity index (χ4v) is 3.36. The van der Waals surface area contributed by atoms with Crippen LogP contribution in [0.25, 0.3) is 22.4 Å². The van der Waals surface area contributed by atoms with Crippen LogP contribution < -0.4 is 0 Å². The van der Waals surface area contributed by atoms with Gasteiger partial charge in [-0.3, -0.25) is 4.68 Å². The van der Waals surface area contributed by atoms with Crippen molar-refractivity contribution in [2.75, 3.05) is 26.4 Å². The van der Waals surface area contributed by atoms with E-state index in [1.54, 1.807) is 12.1 Å². The lowest BCUT2D eigenvalue weighted by molar-refractivity contribution is -0.0334. The molecule has 0 atom stereocenters. The second-order valence-corrected chi connectivity index (χ2v) is 8.29. The van der Waals surface area contributed by atoms with Crippen LogP contribution in [0, 0.1) is 19.7 Å². The molecule has 4 aromatic rings. The van der Waals surface area contributed by atoms with E-state index in [0.717, 1.165) is 43.9 Å². The number of ether oxygens (including phenoxy) is 2. The molecule has 1 aliphatic carbocycles. The van der Waals surface area contributed by atoms with E-state index in [4.69, 9.17) is 21.1 Å². The third kappa shape index (κ3) is 6.31. The summed E-state index contributed by atoms with van der Waals surface area (Å²) in [5, 5.41) is 4.43. The van der Waals surface area contributed by atoms with Gasteiger partial charge in [-0.05, 0) is 51.0 Å². The number of aromatic nitrogens is 6. The molecule has 0 spiro atoms. The zero-order valence-corrected chi connectivity index (χ0v) is 19.9. The Balaban J connectivity index is 0.000000158. The van der Waals surface area contributed by atoms with Gasteiger partial charge in [-0.15, -0.1) is 0 Å². The van der Waals surface area contributed by atoms with Gasteiger partial charge in [0, 0.05) is 23.0 Å². The summed E-state index contributed by atoms with van der Waals surface area (Å²) in [5.74, 6) is -0.447. The minimum atomic E-state index is -0.447. The van der Waals surface area contributed by atoms with E-state index < -0.39 is 5.82 Å². The zero-order chi connectivity index (χ0) is 23.9. The van der Waals surface area contributed by atoms with Gasteiger partial charge in [-0.1, -0.05) is 11.6 Å². The van der Waals surface area contributed by atoms with Gasteiger partial charge in [0.25, 0.3) is 0 Å². The number of rotatable bonds is 2. The summed E-state index contributed by atoms with van der Waals surface area (Å²) in [6.07, 6.45) is 7.86. The molecule has 10 heteroatoms. The normalized spacial score (nSPS) is 15.2. The van der Waals surface area contributed by atoms with Crippen LogP contribution in [0.4, 0.5) is 4.39 Å². The third-order valence-electron chi connectivity index (χ3n) is 5.26. The van der Waals surface area contributed by atoms with Gasteiger partial charge < -0.3 is 9.47 Å². The van der Waals surface area contributed by atoms with Crippen LogP contribution in [0.2, 0.25) is 5.02 Å². The topological polar surface area (TPSA) is 87.8 Å². The summed E-state index contributed by atoms with van der Waals surface area (Å²) >= 11 is 5.77. The van der Waals surface area contributed by atoms with Crippen LogP contribution in [-0.4, -0.2) is 56.1 Å². The van der Waals surface area contributed by atoms with Crippen LogP contribution in [0.15, 0.2) is 43.0 Å². The maximum Gasteiger partial charge on any atom is 0.182 e. The molecule has 0 amide bonds. The number of aryl methyl sites for hydroxylation is 2. The summed E-state index contributed by atoms with van der Waals surface area (Å²) in [7, 11) is 0. The molecule has 8 nitrogen and oxygen atoms in total. The molecule has 0 radical (unpaired) electrons. The highest BCUT2D eigenvalue weighted by molar-refractivity contribution is 6.30. The maximum atomic E-state index is 14.1. The molecule has 34 heavy (non-hydrogen) atoms. The van der Waals surface area contributed by atoms with E-state index in [1.807, 2.05) is 37.0 Å². The Morgan fingerprint density at radius 2 is 1.71 bits per heavy atom. The maximum absolute atomic E-state index is 14.1. The molecule has 2 aliphatic rings. The average molecular weight is 485 g/mol. The van der Waals surface area contributed by atoms with Crippen molar-refractivity contribution in [3.8, 4) is 11.3 Å². The lowest BCUT2D eigenvalue weighted by atomic mass is 10.1. The van der Waals surface area contributed by atoms with Crippen LogP contribution in [0.3, 0.4) is 0 Å². The molecule has 4 heterocycles. The van der Waals surface area contributed by atoms with Crippen molar-refractivity contribution in [3.63, 3.8) is 0 Å². The Bertz CT molecular complexity index is 1220. The Labute approximate surface area is 202 Å². The first-order chi connectivity index (χ1) is 16.5. The molecule has 1 aliphatic heterocycles. The highest BCUT2D eigenvalue weighted by Crippen LogP contribution is 2.33. The van der Waals surface area contributed by atoms with E-state index >= 15 is 0 Å². The molecule has 1 saturated carbocycles. The van der Waals surface area contributed by atoms with E-state index in [2.05, 4.69) is 25.0 Å². The van der Waals surface area contributed by atoms with Crippen LogP contribution >= 0.6 is 11.6 Å². The monoisotopic (exact) mass is 484 g/mol. The molecule has 0 bridgehead atoms. The number of benzene rings is 1. The van der Waals surface area contributed by atoms with Crippen molar-refractivity contribution in [2.45, 2.75) is 32.7 Å². The molecule has 1 saturated heterocycles. The predicted molar refractivity (Wildman–Crippen MR) is 127 cm³/mol. The smallest absolute Gasteiger partial charge is 0.182 e. The molecule has 6 rings (SSSR count). The van der Waals surface area contributed by atoms with Gasteiger partial charge in [-0.2, -0.15) is 5.10 Å². The van der Waals surface area contributed by atoms with Crippen molar-refractivity contribution in [3.05, 3.63) is 65.2 Å². The molecule has 0 N–H and O–H groups in total. The van der Waals surface area contributed by atoms with Gasteiger partial charge in [-0.25, -0.2) is 24.3 Å². The summed E-state index contributed by atoms with van der Waals surface area (Å²) in [6, 6.07) is 7.15. The van der Waals surface area contributed by atoms with E-state index in [-0.39, 0.29) is 0 Å². The van der Waals surface area contributed by atoms with Crippen LogP contribution in [0.5, 0.6) is 0 Å². The highest BCUT2D eigenvalue weighted by atomic mass is 35.5. The van der Waals surface area contributed by atoms with Gasteiger partial charge >= 0.3 is 0 Å². The lowest BCUT2D eigenvalue weighted by Crippen LogP contribution is -2.16. The lowest BCUT2D eigenvalue weighted by Gasteiger charge is -2.09. The minimum Gasteiger partial charge on any atom is -0.377 e. The minimum absolute atomic E-state index is 0.333. The Hall–Kier alpha value is -3.01. The summed E-state index contributed by atoms with van der Waals surface area (Å²) in [5.41, 5.74) is 3.24. The number of nitrogens with zero attached hydrogens (tertiary/aromatic N) is 6. The fourth-order valence-electron chi connectivity index (χ4n) is 3.20. The second kappa shape index (κ2) is 11.4. The summed E-state index contributed by atoms with van der Waals surface area (Å²) in [4.78, 5) is 17.0. The first kappa shape index (κ1) is 24.1.